The number of carbonyl (C=O) groups excluding carboxylic acids is 3. The number of nitrogens with zero attached hydrogens (tertiary/aromatic N) is 2. The quantitative estimate of drug-likeness (QED) is 0.444. The van der Waals surface area contributed by atoms with E-state index in [0.717, 1.165) is 20.9 Å². The highest BCUT2D eigenvalue weighted by molar-refractivity contribution is 6.30. The predicted octanol–water partition coefficient (Wildman–Crippen LogP) is 4.05. The number of imide groups is 2. The lowest BCUT2D eigenvalue weighted by Gasteiger charge is -2.34. The molecular weight excluding hydrogens is 416 g/mol. The van der Waals surface area contributed by atoms with E-state index < -0.39 is 17.8 Å². The summed E-state index contributed by atoms with van der Waals surface area (Å²) in [6.45, 7) is 0.341. The number of phenols is 1. The van der Waals surface area contributed by atoms with Crippen LogP contribution in [0.5, 0.6) is 5.75 Å². The van der Waals surface area contributed by atoms with Crippen molar-refractivity contribution in [3.05, 3.63) is 107 Å². The predicted molar refractivity (Wildman–Crippen MR) is 125 cm³/mol. The van der Waals surface area contributed by atoms with Crippen LogP contribution in [0.2, 0.25) is 0 Å². The summed E-state index contributed by atoms with van der Waals surface area (Å²) in [7, 11) is 0. The fourth-order valence-corrected chi connectivity index (χ4v) is 3.73. The fourth-order valence-electron chi connectivity index (χ4n) is 3.73. The van der Waals surface area contributed by atoms with Gasteiger partial charge in [0, 0.05) is 13.1 Å². The molecule has 1 aliphatic rings. The Labute approximate surface area is 192 Å². The van der Waals surface area contributed by atoms with E-state index in [9.17, 15) is 19.5 Å². The van der Waals surface area contributed by atoms with Crippen LogP contribution in [-0.2, 0) is 22.4 Å². The third-order valence-electron chi connectivity index (χ3n) is 5.55. The molecule has 0 spiro atoms. The molecule has 3 aromatic rings. The Kier molecular flexibility index (Phi) is 6.64. The van der Waals surface area contributed by atoms with Crippen LogP contribution in [0.4, 0.5) is 4.79 Å². The standard InChI is InChI=1S/C27H24N2O4/c30-23-13-11-22(12-14-23)19-24-25(31)28(17-15-20-7-3-1-4-8-20)27(33)29(26(24)32)18-16-21-9-5-2-6-10-21/h1-14,19,30H,15-18H2. The number of amides is 4. The van der Waals surface area contributed by atoms with Gasteiger partial charge in [0.25, 0.3) is 11.8 Å². The minimum atomic E-state index is -0.607. The van der Waals surface area contributed by atoms with Gasteiger partial charge in [-0.3, -0.25) is 19.4 Å². The summed E-state index contributed by atoms with van der Waals surface area (Å²) in [4.78, 5) is 41.9. The molecule has 0 saturated carbocycles. The van der Waals surface area contributed by atoms with Gasteiger partial charge in [0.2, 0.25) is 0 Å². The highest BCUT2D eigenvalue weighted by atomic mass is 16.3. The van der Waals surface area contributed by atoms with E-state index >= 15 is 0 Å². The monoisotopic (exact) mass is 440 g/mol. The molecule has 1 heterocycles. The summed E-state index contributed by atoms with van der Waals surface area (Å²) >= 11 is 0. The van der Waals surface area contributed by atoms with E-state index in [-0.39, 0.29) is 24.4 Å². The Balaban J connectivity index is 1.61. The number of barbiturate groups is 1. The van der Waals surface area contributed by atoms with Crippen molar-refractivity contribution in [3.8, 4) is 5.75 Å². The van der Waals surface area contributed by atoms with Crippen molar-refractivity contribution in [3.63, 3.8) is 0 Å². The molecule has 1 aliphatic heterocycles. The zero-order chi connectivity index (χ0) is 23.2. The van der Waals surface area contributed by atoms with Crippen LogP contribution < -0.4 is 0 Å². The van der Waals surface area contributed by atoms with Gasteiger partial charge in [0.15, 0.2) is 0 Å². The molecule has 6 nitrogen and oxygen atoms in total. The summed E-state index contributed by atoms with van der Waals surface area (Å²) in [5.74, 6) is -1.13. The lowest BCUT2D eigenvalue weighted by molar-refractivity contribution is -0.135. The number of carbonyl (C=O) groups is 3. The average Bonchev–Trinajstić information content (AvgIpc) is 2.84. The Morgan fingerprint density at radius 3 is 1.55 bits per heavy atom. The second kappa shape index (κ2) is 9.96. The van der Waals surface area contributed by atoms with E-state index in [1.807, 2.05) is 60.7 Å². The Hall–Kier alpha value is -4.19. The number of rotatable bonds is 7. The molecule has 1 saturated heterocycles. The lowest BCUT2D eigenvalue weighted by Crippen LogP contribution is -2.57. The summed E-state index contributed by atoms with van der Waals surface area (Å²) in [6.07, 6.45) is 2.46. The first kappa shape index (κ1) is 22.0. The highest BCUT2D eigenvalue weighted by Crippen LogP contribution is 2.22. The number of benzene rings is 3. The van der Waals surface area contributed by atoms with Gasteiger partial charge in [0.05, 0.1) is 0 Å². The SMILES string of the molecule is O=C1C(=Cc2ccc(O)cc2)C(=O)N(CCc2ccccc2)C(=O)N1CCc1ccccc1. The van der Waals surface area contributed by atoms with Crippen LogP contribution in [0.3, 0.4) is 0 Å². The highest BCUT2D eigenvalue weighted by Gasteiger charge is 2.41. The molecule has 0 aliphatic carbocycles. The van der Waals surface area contributed by atoms with Crippen molar-refractivity contribution < 1.29 is 19.5 Å². The first-order chi connectivity index (χ1) is 16.0. The van der Waals surface area contributed by atoms with Crippen molar-refractivity contribution in [2.45, 2.75) is 12.8 Å². The van der Waals surface area contributed by atoms with Crippen LogP contribution >= 0.6 is 0 Å². The third-order valence-corrected chi connectivity index (χ3v) is 5.55. The number of hydrogen-bond acceptors (Lipinski definition) is 4. The zero-order valence-corrected chi connectivity index (χ0v) is 18.1. The largest absolute Gasteiger partial charge is 0.508 e. The van der Waals surface area contributed by atoms with Crippen LogP contribution in [0.15, 0.2) is 90.5 Å². The molecule has 33 heavy (non-hydrogen) atoms. The summed E-state index contributed by atoms with van der Waals surface area (Å²) < 4.78 is 0. The third kappa shape index (κ3) is 5.18. The van der Waals surface area contributed by atoms with Gasteiger partial charge in [-0.05, 0) is 47.7 Å². The number of hydrogen-bond donors (Lipinski definition) is 1. The van der Waals surface area contributed by atoms with Gasteiger partial charge in [0.1, 0.15) is 11.3 Å². The number of urea groups is 1. The minimum Gasteiger partial charge on any atom is -0.508 e. The molecule has 166 valence electrons. The second-order valence-electron chi connectivity index (χ2n) is 7.82. The van der Waals surface area contributed by atoms with E-state index in [4.69, 9.17) is 0 Å². The molecule has 0 aromatic heterocycles. The minimum absolute atomic E-state index is 0.0681. The maximum absolute atomic E-state index is 13.2. The van der Waals surface area contributed by atoms with Crippen molar-refractivity contribution in [2.24, 2.45) is 0 Å². The maximum atomic E-state index is 13.2. The number of aromatic hydroxyl groups is 1. The second-order valence-corrected chi connectivity index (χ2v) is 7.82. The Morgan fingerprint density at radius 2 is 1.09 bits per heavy atom. The van der Waals surface area contributed by atoms with Gasteiger partial charge >= 0.3 is 6.03 Å². The van der Waals surface area contributed by atoms with Gasteiger partial charge in [-0.15, -0.1) is 0 Å². The summed E-state index contributed by atoms with van der Waals surface area (Å²) in [5, 5.41) is 9.53. The van der Waals surface area contributed by atoms with Crippen LogP contribution in [0, 0.1) is 0 Å². The van der Waals surface area contributed by atoms with Crippen LogP contribution in [0.25, 0.3) is 6.08 Å². The van der Waals surface area contributed by atoms with E-state index in [0.29, 0.717) is 18.4 Å². The summed E-state index contributed by atoms with van der Waals surface area (Å²) in [5.41, 5.74) is 2.51. The Bertz CT molecular complexity index is 1100. The molecule has 0 atom stereocenters. The molecule has 6 heteroatoms. The van der Waals surface area contributed by atoms with E-state index in [1.54, 1.807) is 12.1 Å². The smallest absolute Gasteiger partial charge is 0.333 e. The van der Waals surface area contributed by atoms with Gasteiger partial charge in [-0.25, -0.2) is 4.79 Å². The van der Waals surface area contributed by atoms with E-state index in [2.05, 4.69) is 0 Å². The molecule has 4 amide bonds. The summed E-state index contributed by atoms with van der Waals surface area (Å²) in [6, 6.07) is 24.8. The van der Waals surface area contributed by atoms with Crippen molar-refractivity contribution in [1.29, 1.82) is 0 Å². The number of phenolic OH excluding ortho intramolecular Hbond substituents is 1. The molecule has 0 unspecified atom stereocenters. The zero-order valence-electron chi connectivity index (χ0n) is 18.1. The van der Waals surface area contributed by atoms with Crippen molar-refractivity contribution in [2.75, 3.05) is 13.1 Å². The molecule has 0 bridgehead atoms. The molecule has 1 N–H and O–H groups in total. The van der Waals surface area contributed by atoms with Crippen LogP contribution in [0.1, 0.15) is 16.7 Å². The molecule has 4 rings (SSSR count). The molecule has 0 radical (unpaired) electrons. The van der Waals surface area contributed by atoms with Crippen LogP contribution in [-0.4, -0.2) is 45.8 Å². The van der Waals surface area contributed by atoms with Crippen molar-refractivity contribution in [1.82, 2.24) is 9.80 Å². The Morgan fingerprint density at radius 1 is 0.636 bits per heavy atom. The topological polar surface area (TPSA) is 77.9 Å². The maximum Gasteiger partial charge on any atom is 0.333 e. The fraction of sp³-hybridized carbons (Fsp3) is 0.148. The normalized spacial score (nSPS) is 14.1. The molecular formula is C27H24N2O4. The lowest BCUT2D eigenvalue weighted by atomic mass is 10.0. The van der Waals surface area contributed by atoms with Gasteiger partial charge < -0.3 is 5.11 Å². The van der Waals surface area contributed by atoms with E-state index in [1.165, 1.54) is 18.2 Å². The molecule has 3 aromatic carbocycles. The first-order valence-corrected chi connectivity index (χ1v) is 10.8. The average molecular weight is 440 g/mol. The van der Waals surface area contributed by atoms with Crippen molar-refractivity contribution >= 4 is 23.9 Å². The van der Waals surface area contributed by atoms with Gasteiger partial charge in [-0.1, -0.05) is 72.8 Å². The first-order valence-electron chi connectivity index (χ1n) is 10.8. The molecule has 1 fully saturated rings. The van der Waals surface area contributed by atoms with Gasteiger partial charge in [-0.2, -0.15) is 0 Å².